The van der Waals surface area contributed by atoms with Gasteiger partial charge in [0.1, 0.15) is 0 Å². The molecule has 0 fully saturated rings. The number of hydrogen-bond donors (Lipinski definition) is 0. The average molecular weight is 622 g/mol. The van der Waals surface area contributed by atoms with Gasteiger partial charge in [0.15, 0.2) is 0 Å². The Morgan fingerprint density at radius 1 is 0.477 bits per heavy atom. The first-order valence-corrected chi connectivity index (χ1v) is 19.2. The van der Waals surface area contributed by atoms with Crippen LogP contribution in [-0.4, -0.2) is 27.8 Å². The van der Waals surface area contributed by atoms with E-state index in [9.17, 15) is 0 Å². The van der Waals surface area contributed by atoms with Crippen molar-refractivity contribution in [2.45, 2.75) is 0 Å². The molecule has 0 saturated carbocycles. The maximum absolute atomic E-state index is 5.11. The third kappa shape index (κ3) is 3.57. The molecule has 3 nitrogen and oxygen atoms in total. The fourth-order valence-corrected chi connectivity index (χ4v) is 17.9. The Labute approximate surface area is 258 Å². The first-order chi connectivity index (χ1) is 21.8. The Kier molecular flexibility index (Phi) is 5.68. The molecule has 0 bridgehead atoms. The quantitative estimate of drug-likeness (QED) is 0.207. The minimum atomic E-state index is -3.46. The van der Waals surface area contributed by atoms with Gasteiger partial charge in [-0.25, -0.2) is 0 Å². The molecule has 1 aliphatic rings. The zero-order valence-corrected chi connectivity index (χ0v) is 26.0. The monoisotopic (exact) mass is 623 g/mol. The summed E-state index contributed by atoms with van der Waals surface area (Å²) in [6.07, 6.45) is 3.82. The second-order valence-corrected chi connectivity index (χ2v) is 19.1. The maximum atomic E-state index is 5.11. The van der Waals surface area contributed by atoms with E-state index in [4.69, 9.17) is 4.98 Å². The molecule has 4 heteroatoms. The molecule has 0 N–H and O–H groups in total. The van der Waals surface area contributed by atoms with Gasteiger partial charge in [-0.1, -0.05) is 0 Å². The van der Waals surface area contributed by atoms with E-state index >= 15 is 0 Å². The molecule has 0 saturated heterocycles. The summed E-state index contributed by atoms with van der Waals surface area (Å²) in [4.78, 5) is 9.77. The second-order valence-electron chi connectivity index (χ2n) is 11.4. The SMILES string of the molecule is c1ccc(-c2ccc3c4ccccc4n(-c4ccc[c]([Ge]5([c]6ccccn6)[c]6ccccc6-c6cccc[c]65)c4)c3c2)nc1. The zero-order chi connectivity index (χ0) is 29.1. The molecule has 8 aromatic rings. The van der Waals surface area contributed by atoms with Gasteiger partial charge in [0.2, 0.25) is 0 Å². The third-order valence-corrected chi connectivity index (χ3v) is 19.1. The van der Waals surface area contributed by atoms with Crippen molar-refractivity contribution in [3.63, 3.8) is 0 Å². The van der Waals surface area contributed by atoms with Crippen molar-refractivity contribution in [1.82, 2.24) is 14.5 Å². The summed E-state index contributed by atoms with van der Waals surface area (Å²) in [5.74, 6) is 0. The van der Waals surface area contributed by atoms with E-state index in [1.165, 1.54) is 50.6 Å². The van der Waals surface area contributed by atoms with Gasteiger partial charge in [-0.3, -0.25) is 0 Å². The summed E-state index contributed by atoms with van der Waals surface area (Å²) < 4.78 is 7.92. The van der Waals surface area contributed by atoms with Gasteiger partial charge < -0.3 is 0 Å². The van der Waals surface area contributed by atoms with E-state index in [2.05, 4.69) is 143 Å². The Morgan fingerprint density at radius 3 is 1.91 bits per heavy atom. The van der Waals surface area contributed by atoms with Gasteiger partial charge in [-0.2, -0.15) is 0 Å². The van der Waals surface area contributed by atoms with Crippen LogP contribution in [0.15, 0.2) is 164 Å². The van der Waals surface area contributed by atoms with Crippen LogP contribution < -0.4 is 17.7 Å². The van der Waals surface area contributed by atoms with Crippen LogP contribution in [0.3, 0.4) is 0 Å². The van der Waals surface area contributed by atoms with Crippen molar-refractivity contribution < 1.29 is 0 Å². The zero-order valence-electron chi connectivity index (χ0n) is 23.9. The van der Waals surface area contributed by atoms with Gasteiger partial charge in [0.25, 0.3) is 0 Å². The van der Waals surface area contributed by atoms with E-state index < -0.39 is 13.3 Å². The number of nitrogens with zero attached hydrogens (tertiary/aromatic N) is 3. The first kappa shape index (κ1) is 25.3. The first-order valence-electron chi connectivity index (χ1n) is 15.0. The fraction of sp³-hybridized carbons (Fsp3) is 0. The number of rotatable bonds is 4. The van der Waals surface area contributed by atoms with Crippen molar-refractivity contribution in [2.75, 3.05) is 0 Å². The Bertz CT molecular complexity index is 2300. The topological polar surface area (TPSA) is 30.7 Å². The number of para-hydroxylation sites is 1. The summed E-state index contributed by atoms with van der Waals surface area (Å²) in [5.41, 5.74) is 8.31. The number of hydrogen-bond acceptors (Lipinski definition) is 2. The Hall–Kier alpha value is -5.26. The number of benzene rings is 5. The van der Waals surface area contributed by atoms with Crippen LogP contribution in [0.1, 0.15) is 0 Å². The summed E-state index contributed by atoms with van der Waals surface area (Å²) in [6.45, 7) is 0. The number of fused-ring (bicyclic) bond motifs is 6. The second kappa shape index (κ2) is 9.90. The van der Waals surface area contributed by atoms with E-state index in [0.717, 1.165) is 16.9 Å². The molecule has 0 unspecified atom stereocenters. The molecule has 0 spiro atoms. The van der Waals surface area contributed by atoms with Gasteiger partial charge in [-0.05, 0) is 0 Å². The van der Waals surface area contributed by atoms with Crippen LogP contribution in [0.5, 0.6) is 0 Å². The number of aromatic nitrogens is 3. The summed E-state index contributed by atoms with van der Waals surface area (Å²) in [7, 11) is 0. The fourth-order valence-electron chi connectivity index (χ4n) is 7.37. The summed E-state index contributed by atoms with van der Waals surface area (Å²) >= 11 is -3.46. The molecule has 0 amide bonds. The molecule has 1 aliphatic heterocycles. The minimum absolute atomic E-state index is 0.975. The number of pyridine rings is 2. The van der Waals surface area contributed by atoms with E-state index in [1.807, 2.05) is 30.6 Å². The van der Waals surface area contributed by atoms with Gasteiger partial charge in [-0.15, -0.1) is 0 Å². The van der Waals surface area contributed by atoms with Gasteiger partial charge in [0, 0.05) is 0 Å². The molecule has 4 heterocycles. The van der Waals surface area contributed by atoms with Crippen LogP contribution in [0.2, 0.25) is 0 Å². The van der Waals surface area contributed by atoms with Crippen molar-refractivity contribution in [1.29, 1.82) is 0 Å². The standard InChI is InChI=1S/C40H27GeN3/c1-4-17-35-31(14-1)32-15-2-5-18-36(32)41(35,40-21-8-10-25-43-40)29-12-11-13-30(27-29)44-38-20-6-3-16-33(38)34-23-22-28(26-39(34)44)37-19-7-9-24-42-37/h1-27H. The molecular formula is C40H27GeN3. The van der Waals surface area contributed by atoms with Gasteiger partial charge in [0.05, 0.1) is 0 Å². The molecule has 0 aliphatic carbocycles. The predicted molar refractivity (Wildman–Crippen MR) is 184 cm³/mol. The Balaban J connectivity index is 1.35. The molecule has 9 rings (SSSR count). The van der Waals surface area contributed by atoms with E-state index in [-0.39, 0.29) is 0 Å². The normalized spacial score (nSPS) is 13.2. The van der Waals surface area contributed by atoms with Crippen LogP contribution in [-0.2, 0) is 0 Å². The molecule has 206 valence electrons. The molecule has 44 heavy (non-hydrogen) atoms. The molecule has 5 aromatic carbocycles. The van der Waals surface area contributed by atoms with Crippen LogP contribution in [0.4, 0.5) is 0 Å². The van der Waals surface area contributed by atoms with E-state index in [1.54, 1.807) is 0 Å². The van der Waals surface area contributed by atoms with Gasteiger partial charge >= 0.3 is 259 Å². The molecule has 0 radical (unpaired) electrons. The molecular weight excluding hydrogens is 595 g/mol. The van der Waals surface area contributed by atoms with Crippen LogP contribution in [0, 0.1) is 0 Å². The van der Waals surface area contributed by atoms with Crippen molar-refractivity contribution >= 4 is 52.8 Å². The summed E-state index contributed by atoms with van der Waals surface area (Å²) in [6, 6.07) is 55.3. The van der Waals surface area contributed by atoms with Crippen LogP contribution >= 0.6 is 0 Å². The Morgan fingerprint density at radius 2 is 1.16 bits per heavy atom. The van der Waals surface area contributed by atoms with Crippen LogP contribution in [0.25, 0.3) is 49.9 Å². The van der Waals surface area contributed by atoms with Crippen molar-refractivity contribution in [3.05, 3.63) is 164 Å². The van der Waals surface area contributed by atoms with E-state index in [0.29, 0.717) is 0 Å². The third-order valence-electron chi connectivity index (χ3n) is 9.17. The molecule has 0 atom stereocenters. The van der Waals surface area contributed by atoms with Crippen molar-refractivity contribution in [2.24, 2.45) is 0 Å². The predicted octanol–water partition coefficient (Wildman–Crippen LogP) is 6.60. The summed E-state index contributed by atoms with van der Waals surface area (Å²) in [5, 5.41) is 2.49. The van der Waals surface area contributed by atoms with Crippen molar-refractivity contribution in [3.8, 4) is 28.1 Å². The molecule has 3 aromatic heterocycles. The average Bonchev–Trinajstić information content (AvgIpc) is 3.60.